The van der Waals surface area contributed by atoms with Crippen LogP contribution in [0.5, 0.6) is 5.75 Å². The topological polar surface area (TPSA) is 58.6 Å². The number of nitrogens with one attached hydrogen (secondary N) is 1. The minimum atomic E-state index is -0.551. The summed E-state index contributed by atoms with van der Waals surface area (Å²) in [5.41, 5.74) is 1.11. The summed E-state index contributed by atoms with van der Waals surface area (Å²) < 4.78 is 5.65. The third-order valence-corrected chi connectivity index (χ3v) is 5.37. The molecule has 0 spiro atoms. The second kappa shape index (κ2) is 12.2. The van der Waals surface area contributed by atoms with Crippen molar-refractivity contribution in [1.82, 2.24) is 10.2 Å². The van der Waals surface area contributed by atoms with Crippen molar-refractivity contribution in [1.29, 1.82) is 0 Å². The predicted octanol–water partition coefficient (Wildman–Crippen LogP) is 4.48. The highest BCUT2D eigenvalue weighted by molar-refractivity contribution is 6.32. The van der Waals surface area contributed by atoms with Crippen LogP contribution in [-0.4, -0.2) is 41.9 Å². The Morgan fingerprint density at radius 2 is 1.70 bits per heavy atom. The molecule has 0 radical (unpaired) electrons. The molecule has 1 N–H and O–H groups in total. The van der Waals surface area contributed by atoms with E-state index >= 15 is 0 Å². The lowest BCUT2D eigenvalue weighted by Gasteiger charge is -2.31. The number of amides is 2. The summed E-state index contributed by atoms with van der Waals surface area (Å²) >= 11 is 6.13. The van der Waals surface area contributed by atoms with E-state index in [1.807, 2.05) is 51.1 Å². The Balaban J connectivity index is 2.14. The van der Waals surface area contributed by atoms with Crippen molar-refractivity contribution < 1.29 is 14.3 Å². The molecule has 0 saturated carbocycles. The van der Waals surface area contributed by atoms with Gasteiger partial charge in [-0.15, -0.1) is 0 Å². The fraction of sp³-hybridized carbons (Fsp3) is 0.417. The van der Waals surface area contributed by atoms with E-state index in [1.165, 1.54) is 0 Å². The first kappa shape index (κ1) is 23.7. The standard InChI is InChI=1S/C24H31ClN2O3/c1-4-18(3)26-24(29)21(5-2)27(16-15-19-11-7-6-8-12-19)23(28)17-30-22-14-10-9-13-20(22)25/h6-14,18,21H,4-5,15-17H2,1-3H3,(H,26,29)/t18-,21-/m1/s1. The first-order valence-corrected chi connectivity index (χ1v) is 10.8. The van der Waals surface area contributed by atoms with Gasteiger partial charge in [-0.1, -0.05) is 67.9 Å². The van der Waals surface area contributed by atoms with E-state index in [0.29, 0.717) is 30.2 Å². The van der Waals surface area contributed by atoms with Gasteiger partial charge in [0.1, 0.15) is 11.8 Å². The van der Waals surface area contributed by atoms with Crippen LogP contribution in [0.3, 0.4) is 0 Å². The van der Waals surface area contributed by atoms with Gasteiger partial charge in [0.05, 0.1) is 5.02 Å². The normalized spacial score (nSPS) is 12.7. The Bertz CT molecular complexity index is 813. The number of hydrogen-bond acceptors (Lipinski definition) is 3. The first-order valence-electron chi connectivity index (χ1n) is 10.5. The van der Waals surface area contributed by atoms with Crippen molar-refractivity contribution in [3.8, 4) is 5.75 Å². The predicted molar refractivity (Wildman–Crippen MR) is 121 cm³/mol. The number of nitrogens with zero attached hydrogens (tertiary/aromatic N) is 1. The Hall–Kier alpha value is -2.53. The van der Waals surface area contributed by atoms with Gasteiger partial charge in [-0.3, -0.25) is 9.59 Å². The molecule has 2 aromatic carbocycles. The molecule has 0 unspecified atom stereocenters. The minimum absolute atomic E-state index is 0.0528. The molecule has 0 heterocycles. The van der Waals surface area contributed by atoms with Crippen molar-refractivity contribution >= 4 is 23.4 Å². The molecule has 0 bridgehead atoms. The molecule has 0 saturated heterocycles. The van der Waals surface area contributed by atoms with Gasteiger partial charge in [-0.25, -0.2) is 0 Å². The van der Waals surface area contributed by atoms with Crippen LogP contribution < -0.4 is 10.1 Å². The molecule has 0 aliphatic heterocycles. The summed E-state index contributed by atoms with van der Waals surface area (Å²) in [5, 5.41) is 3.45. The van der Waals surface area contributed by atoms with E-state index in [0.717, 1.165) is 12.0 Å². The second-order valence-electron chi connectivity index (χ2n) is 7.28. The number of hydrogen-bond donors (Lipinski definition) is 1. The lowest BCUT2D eigenvalue weighted by molar-refractivity contribution is -0.142. The van der Waals surface area contributed by atoms with Crippen LogP contribution in [-0.2, 0) is 16.0 Å². The Morgan fingerprint density at radius 3 is 2.33 bits per heavy atom. The highest BCUT2D eigenvalue weighted by Crippen LogP contribution is 2.23. The van der Waals surface area contributed by atoms with E-state index in [4.69, 9.17) is 16.3 Å². The second-order valence-corrected chi connectivity index (χ2v) is 7.69. The Morgan fingerprint density at radius 1 is 1.03 bits per heavy atom. The number of carbonyl (C=O) groups is 2. The number of halogens is 1. The summed E-state index contributed by atoms with van der Waals surface area (Å²) in [6.07, 6.45) is 2.01. The highest BCUT2D eigenvalue weighted by Gasteiger charge is 2.29. The summed E-state index contributed by atoms with van der Waals surface area (Å²) in [6.45, 7) is 6.15. The van der Waals surface area contributed by atoms with Crippen LogP contribution in [0.2, 0.25) is 5.02 Å². The molecule has 2 atom stereocenters. The smallest absolute Gasteiger partial charge is 0.261 e. The van der Waals surface area contributed by atoms with Crippen LogP contribution in [0.4, 0.5) is 0 Å². The van der Waals surface area contributed by atoms with E-state index in [-0.39, 0.29) is 24.5 Å². The average Bonchev–Trinajstić information content (AvgIpc) is 2.76. The van der Waals surface area contributed by atoms with Gasteiger partial charge in [0.25, 0.3) is 5.91 Å². The molecule has 2 aromatic rings. The molecule has 5 nitrogen and oxygen atoms in total. The van der Waals surface area contributed by atoms with Crippen molar-refractivity contribution in [2.45, 2.75) is 52.1 Å². The third-order valence-electron chi connectivity index (χ3n) is 5.06. The number of carbonyl (C=O) groups excluding carboxylic acids is 2. The molecular weight excluding hydrogens is 400 g/mol. The molecule has 2 rings (SSSR count). The maximum Gasteiger partial charge on any atom is 0.261 e. The van der Waals surface area contributed by atoms with E-state index in [1.54, 1.807) is 29.2 Å². The van der Waals surface area contributed by atoms with E-state index < -0.39 is 6.04 Å². The quantitative estimate of drug-likeness (QED) is 0.571. The lowest BCUT2D eigenvalue weighted by Crippen LogP contribution is -2.52. The van der Waals surface area contributed by atoms with Crippen LogP contribution in [0.1, 0.15) is 39.2 Å². The highest BCUT2D eigenvalue weighted by atomic mass is 35.5. The first-order chi connectivity index (χ1) is 14.5. The lowest BCUT2D eigenvalue weighted by atomic mass is 10.1. The SMILES string of the molecule is CC[C@@H](C)NC(=O)[C@@H](CC)N(CCc1ccccc1)C(=O)COc1ccccc1Cl. The van der Waals surface area contributed by atoms with Gasteiger partial charge in [-0.2, -0.15) is 0 Å². The summed E-state index contributed by atoms with van der Waals surface area (Å²) in [7, 11) is 0. The van der Waals surface area contributed by atoms with Crippen LogP contribution in [0.25, 0.3) is 0 Å². The number of rotatable bonds is 11. The summed E-state index contributed by atoms with van der Waals surface area (Å²) in [4.78, 5) is 27.6. The van der Waals surface area contributed by atoms with Crippen molar-refractivity contribution in [2.24, 2.45) is 0 Å². The van der Waals surface area contributed by atoms with Gasteiger partial charge in [0.15, 0.2) is 6.61 Å². The fourth-order valence-corrected chi connectivity index (χ4v) is 3.31. The molecule has 30 heavy (non-hydrogen) atoms. The van der Waals surface area contributed by atoms with Crippen molar-refractivity contribution in [3.63, 3.8) is 0 Å². The Labute approximate surface area is 184 Å². The van der Waals surface area contributed by atoms with Crippen LogP contribution in [0.15, 0.2) is 54.6 Å². The van der Waals surface area contributed by atoms with Gasteiger partial charge >= 0.3 is 0 Å². The number of benzene rings is 2. The molecule has 2 amide bonds. The zero-order valence-corrected chi connectivity index (χ0v) is 18.7. The van der Waals surface area contributed by atoms with Crippen molar-refractivity contribution in [2.75, 3.05) is 13.2 Å². The van der Waals surface area contributed by atoms with Crippen LogP contribution >= 0.6 is 11.6 Å². The van der Waals surface area contributed by atoms with E-state index in [2.05, 4.69) is 5.32 Å². The van der Waals surface area contributed by atoms with Gasteiger partial charge in [0, 0.05) is 12.6 Å². The maximum atomic E-state index is 13.1. The van der Waals surface area contributed by atoms with Crippen molar-refractivity contribution in [3.05, 3.63) is 65.2 Å². The molecule has 162 valence electrons. The fourth-order valence-electron chi connectivity index (χ4n) is 3.12. The monoisotopic (exact) mass is 430 g/mol. The summed E-state index contributed by atoms with van der Waals surface area (Å²) in [6, 6.07) is 16.5. The average molecular weight is 431 g/mol. The summed E-state index contributed by atoms with van der Waals surface area (Å²) in [5.74, 6) is 0.0793. The zero-order valence-electron chi connectivity index (χ0n) is 17.9. The largest absolute Gasteiger partial charge is 0.482 e. The van der Waals surface area contributed by atoms with Gasteiger partial charge < -0.3 is 15.0 Å². The number of para-hydroxylation sites is 1. The molecule has 0 aliphatic carbocycles. The van der Waals surface area contributed by atoms with Gasteiger partial charge in [-0.05, 0) is 43.9 Å². The molecular formula is C24H31ClN2O3. The minimum Gasteiger partial charge on any atom is -0.482 e. The van der Waals surface area contributed by atoms with Crippen LogP contribution in [0, 0.1) is 0 Å². The molecule has 0 aliphatic rings. The maximum absolute atomic E-state index is 13.1. The molecule has 0 fully saturated rings. The van der Waals surface area contributed by atoms with E-state index in [9.17, 15) is 9.59 Å². The Kier molecular flexibility index (Phi) is 9.68. The molecule has 0 aromatic heterocycles. The number of ether oxygens (including phenoxy) is 1. The van der Waals surface area contributed by atoms with Gasteiger partial charge in [0.2, 0.25) is 5.91 Å². The molecule has 6 heteroatoms. The third kappa shape index (κ3) is 7.06. The zero-order chi connectivity index (χ0) is 21.9.